The topological polar surface area (TPSA) is 62.6 Å². The van der Waals surface area contributed by atoms with Crippen LogP contribution in [0.1, 0.15) is 18.1 Å². The van der Waals surface area contributed by atoms with E-state index in [-0.39, 0.29) is 24.7 Å². The van der Waals surface area contributed by atoms with E-state index in [4.69, 9.17) is 0 Å². The van der Waals surface area contributed by atoms with Crippen molar-refractivity contribution in [1.29, 1.82) is 0 Å². The lowest BCUT2D eigenvalue weighted by Crippen LogP contribution is -3.11. The summed E-state index contributed by atoms with van der Waals surface area (Å²) in [5.74, 6) is -0.889. The molecule has 2 aromatic rings. The third-order valence-corrected chi connectivity index (χ3v) is 4.08. The number of amides is 2. The maximum absolute atomic E-state index is 13.0. The van der Waals surface area contributed by atoms with Gasteiger partial charge in [-0.2, -0.15) is 13.2 Å². The molecule has 0 saturated carbocycles. The number of aryl methyl sites for hydroxylation is 1. The first kappa shape index (κ1) is 21.4. The number of hydrogen-bond acceptors (Lipinski definition) is 2. The summed E-state index contributed by atoms with van der Waals surface area (Å²) < 4.78 is 38.9. The molecule has 0 spiro atoms. The van der Waals surface area contributed by atoms with Crippen LogP contribution in [0.15, 0.2) is 48.5 Å². The maximum atomic E-state index is 13.0. The van der Waals surface area contributed by atoms with Crippen molar-refractivity contribution in [3.05, 3.63) is 59.7 Å². The Hall–Kier alpha value is -2.87. The largest absolute Gasteiger partial charge is 0.418 e. The second-order valence-corrected chi connectivity index (χ2v) is 6.50. The summed E-state index contributed by atoms with van der Waals surface area (Å²) in [6.45, 7) is 1.89. The van der Waals surface area contributed by atoms with Crippen molar-refractivity contribution in [2.45, 2.75) is 19.5 Å². The molecule has 0 aliphatic carbocycles. The van der Waals surface area contributed by atoms with E-state index in [9.17, 15) is 22.8 Å². The minimum Gasteiger partial charge on any atom is -0.322 e. The molecule has 0 aromatic heterocycles. The highest BCUT2D eigenvalue weighted by molar-refractivity contribution is 5.93. The summed E-state index contributed by atoms with van der Waals surface area (Å²) in [5.41, 5.74) is 0.595. The van der Waals surface area contributed by atoms with Crippen molar-refractivity contribution >= 4 is 23.2 Å². The molecule has 5 nitrogen and oxygen atoms in total. The fourth-order valence-electron chi connectivity index (χ4n) is 2.67. The van der Waals surface area contributed by atoms with Gasteiger partial charge in [-0.1, -0.05) is 31.2 Å². The number of likely N-dealkylation sites (N-methyl/N-ethyl adjacent to an activating group) is 1. The van der Waals surface area contributed by atoms with Gasteiger partial charge in [0, 0.05) is 5.69 Å². The number of rotatable bonds is 7. The Labute approximate surface area is 161 Å². The highest BCUT2D eigenvalue weighted by atomic mass is 19.4. The number of anilines is 2. The Balaban J connectivity index is 1.88. The number of halogens is 3. The molecule has 1 atom stereocenters. The Kier molecular flexibility index (Phi) is 7.17. The molecule has 0 aliphatic heterocycles. The lowest BCUT2D eigenvalue weighted by atomic mass is 10.1. The van der Waals surface area contributed by atoms with E-state index in [1.54, 1.807) is 19.2 Å². The highest BCUT2D eigenvalue weighted by Gasteiger charge is 2.33. The normalized spacial score (nSPS) is 12.3. The van der Waals surface area contributed by atoms with Gasteiger partial charge in [-0.25, -0.2) is 0 Å². The quantitative estimate of drug-likeness (QED) is 0.675. The highest BCUT2D eigenvalue weighted by Crippen LogP contribution is 2.34. The average Bonchev–Trinajstić information content (AvgIpc) is 2.61. The molecular formula is C20H23F3N3O2+. The standard InChI is InChI=1S/C20H22F3N3O2/c1-3-14-8-10-15(11-9-14)24-18(27)12-26(2)13-19(28)25-17-7-5-4-6-16(17)20(21,22)23/h4-11H,3,12-13H2,1-2H3,(H,24,27)(H,25,28)/p+1. The van der Waals surface area contributed by atoms with Crippen molar-refractivity contribution in [1.82, 2.24) is 0 Å². The molecule has 0 fully saturated rings. The second-order valence-electron chi connectivity index (χ2n) is 6.50. The van der Waals surface area contributed by atoms with E-state index in [0.717, 1.165) is 18.1 Å². The van der Waals surface area contributed by atoms with Crippen molar-refractivity contribution in [3.63, 3.8) is 0 Å². The number of quaternary nitrogens is 1. The van der Waals surface area contributed by atoms with Gasteiger partial charge in [0.15, 0.2) is 13.1 Å². The maximum Gasteiger partial charge on any atom is 0.418 e. The zero-order chi connectivity index (χ0) is 20.7. The number of nitrogens with one attached hydrogen (secondary N) is 3. The summed E-state index contributed by atoms with van der Waals surface area (Å²) in [6.07, 6.45) is -3.66. The van der Waals surface area contributed by atoms with E-state index in [1.165, 1.54) is 18.2 Å². The van der Waals surface area contributed by atoms with E-state index in [2.05, 4.69) is 10.6 Å². The minimum atomic E-state index is -4.56. The molecular weight excluding hydrogens is 371 g/mol. The van der Waals surface area contributed by atoms with Crippen LogP contribution in [0.25, 0.3) is 0 Å². The molecule has 0 bridgehead atoms. The fourth-order valence-corrected chi connectivity index (χ4v) is 2.67. The minimum absolute atomic E-state index is 0.00384. The van der Waals surface area contributed by atoms with Crippen molar-refractivity contribution in [3.8, 4) is 0 Å². The van der Waals surface area contributed by atoms with Crippen LogP contribution >= 0.6 is 0 Å². The Morgan fingerprint density at radius 2 is 1.50 bits per heavy atom. The van der Waals surface area contributed by atoms with Gasteiger partial charge in [-0.3, -0.25) is 9.59 Å². The Bertz CT molecular complexity index is 820. The zero-order valence-electron chi connectivity index (χ0n) is 15.7. The van der Waals surface area contributed by atoms with Crippen molar-refractivity contribution < 1.29 is 27.7 Å². The van der Waals surface area contributed by atoms with Crippen molar-refractivity contribution in [2.75, 3.05) is 30.8 Å². The predicted octanol–water partition coefficient (Wildman–Crippen LogP) is 2.36. The van der Waals surface area contributed by atoms with Gasteiger partial charge in [-0.15, -0.1) is 0 Å². The van der Waals surface area contributed by atoms with Crippen LogP contribution in [-0.2, 0) is 22.2 Å². The van der Waals surface area contributed by atoms with Gasteiger partial charge in [0.2, 0.25) is 0 Å². The molecule has 0 saturated heterocycles. The smallest absolute Gasteiger partial charge is 0.322 e. The number of alkyl halides is 3. The van der Waals surface area contributed by atoms with Crippen LogP contribution in [0, 0.1) is 0 Å². The third kappa shape index (κ3) is 6.38. The molecule has 0 heterocycles. The molecule has 28 heavy (non-hydrogen) atoms. The van der Waals surface area contributed by atoms with E-state index in [0.29, 0.717) is 10.6 Å². The van der Waals surface area contributed by atoms with Gasteiger partial charge in [0.05, 0.1) is 18.3 Å². The van der Waals surface area contributed by atoms with Crippen LogP contribution in [-0.4, -0.2) is 32.0 Å². The molecule has 2 aromatic carbocycles. The molecule has 2 rings (SSSR count). The number of carbonyl (C=O) groups excluding carboxylic acids is 2. The molecule has 3 N–H and O–H groups in total. The van der Waals surface area contributed by atoms with Gasteiger partial charge in [0.25, 0.3) is 11.8 Å². The van der Waals surface area contributed by atoms with E-state index >= 15 is 0 Å². The summed E-state index contributed by atoms with van der Waals surface area (Å²) in [5, 5.41) is 5.01. The number of benzene rings is 2. The van der Waals surface area contributed by atoms with Crippen LogP contribution in [0.5, 0.6) is 0 Å². The van der Waals surface area contributed by atoms with Gasteiger partial charge in [-0.05, 0) is 36.2 Å². The van der Waals surface area contributed by atoms with Gasteiger partial charge >= 0.3 is 6.18 Å². The summed E-state index contributed by atoms with van der Waals surface area (Å²) in [7, 11) is 1.62. The predicted molar refractivity (Wildman–Crippen MR) is 101 cm³/mol. The molecule has 1 unspecified atom stereocenters. The lowest BCUT2D eigenvalue weighted by molar-refractivity contribution is -0.862. The fraction of sp³-hybridized carbons (Fsp3) is 0.300. The monoisotopic (exact) mass is 394 g/mol. The Morgan fingerprint density at radius 1 is 0.929 bits per heavy atom. The molecule has 8 heteroatoms. The molecule has 150 valence electrons. The first-order chi connectivity index (χ1) is 13.2. The first-order valence-electron chi connectivity index (χ1n) is 8.85. The number of carbonyl (C=O) groups is 2. The van der Waals surface area contributed by atoms with Crippen molar-refractivity contribution in [2.24, 2.45) is 0 Å². The second kappa shape index (κ2) is 9.36. The summed E-state index contributed by atoms with van der Waals surface area (Å²) >= 11 is 0. The van der Waals surface area contributed by atoms with E-state index < -0.39 is 17.6 Å². The van der Waals surface area contributed by atoms with Crippen LogP contribution in [0.4, 0.5) is 24.5 Å². The number of para-hydroxylation sites is 1. The average molecular weight is 394 g/mol. The van der Waals surface area contributed by atoms with Crippen LogP contribution < -0.4 is 15.5 Å². The van der Waals surface area contributed by atoms with Crippen LogP contribution in [0.3, 0.4) is 0 Å². The van der Waals surface area contributed by atoms with E-state index in [1.807, 2.05) is 19.1 Å². The third-order valence-electron chi connectivity index (χ3n) is 4.08. The first-order valence-corrected chi connectivity index (χ1v) is 8.85. The zero-order valence-corrected chi connectivity index (χ0v) is 15.7. The SMILES string of the molecule is CCc1ccc(NC(=O)C[NH+](C)CC(=O)Nc2ccccc2C(F)(F)F)cc1. The molecule has 0 radical (unpaired) electrons. The molecule has 0 aliphatic rings. The summed E-state index contributed by atoms with van der Waals surface area (Å²) in [6, 6.07) is 12.2. The van der Waals surface area contributed by atoms with Gasteiger partial charge < -0.3 is 15.5 Å². The lowest BCUT2D eigenvalue weighted by Gasteiger charge is -2.16. The molecule has 2 amide bonds. The summed E-state index contributed by atoms with van der Waals surface area (Å²) in [4.78, 5) is 24.7. The Morgan fingerprint density at radius 3 is 2.07 bits per heavy atom. The number of hydrogen-bond donors (Lipinski definition) is 3. The van der Waals surface area contributed by atoms with Crippen LogP contribution in [0.2, 0.25) is 0 Å². The van der Waals surface area contributed by atoms with Gasteiger partial charge in [0.1, 0.15) is 0 Å².